The Morgan fingerprint density at radius 2 is 1.50 bits per heavy atom. The molecule has 3 rings (SSSR count). The van der Waals surface area contributed by atoms with Crippen LogP contribution < -0.4 is 10.6 Å². The minimum Gasteiger partial charge on any atom is -0.481 e. The van der Waals surface area contributed by atoms with Crippen LogP contribution in [0.15, 0.2) is 0 Å². The summed E-state index contributed by atoms with van der Waals surface area (Å²) >= 11 is 0. The maximum atomic E-state index is 13.8. The largest absolute Gasteiger partial charge is 0.481 e. The van der Waals surface area contributed by atoms with E-state index in [9.17, 15) is 19.5 Å². The Morgan fingerprint density at radius 3 is 2.10 bits per heavy atom. The van der Waals surface area contributed by atoms with Crippen molar-refractivity contribution < 1.29 is 29.0 Å². The molecule has 0 aromatic carbocycles. The summed E-state index contributed by atoms with van der Waals surface area (Å²) in [6, 6.07) is -0.725. The fraction of sp³-hybridized carbons (Fsp3) is 0.912. The zero-order valence-electron chi connectivity index (χ0n) is 27.2. The van der Waals surface area contributed by atoms with Crippen LogP contribution in [0.1, 0.15) is 150 Å². The van der Waals surface area contributed by atoms with Crippen molar-refractivity contribution in [3.05, 3.63) is 0 Å². The van der Waals surface area contributed by atoms with E-state index in [2.05, 4.69) is 17.6 Å². The first kappa shape index (κ1) is 34.8. The number of carbonyl (C=O) groups excluding carboxylic acids is 2. The van der Waals surface area contributed by atoms with Crippen LogP contribution in [0.25, 0.3) is 0 Å². The maximum absolute atomic E-state index is 13.8. The second-order valence-corrected chi connectivity index (χ2v) is 14.6. The molecular formula is C34H60N2O6. The summed E-state index contributed by atoms with van der Waals surface area (Å²) in [6.45, 7) is 10.0. The third-order valence-corrected chi connectivity index (χ3v) is 10.1. The maximum Gasteiger partial charge on any atom is 0.305 e. The molecule has 0 spiro atoms. The molecule has 2 amide bonds. The first-order chi connectivity index (χ1) is 19.9. The molecule has 0 radical (unpaired) electrons. The topological polar surface area (TPSA) is 114 Å². The van der Waals surface area contributed by atoms with Crippen LogP contribution in [0.2, 0.25) is 0 Å². The van der Waals surface area contributed by atoms with Crippen LogP contribution in [-0.2, 0) is 23.9 Å². The summed E-state index contributed by atoms with van der Waals surface area (Å²) in [5, 5.41) is 16.3. The van der Waals surface area contributed by atoms with Gasteiger partial charge in [0.2, 0.25) is 11.8 Å². The lowest BCUT2D eigenvalue weighted by molar-refractivity contribution is -0.304. The van der Waals surface area contributed by atoms with Gasteiger partial charge in [-0.05, 0) is 51.9 Å². The summed E-state index contributed by atoms with van der Waals surface area (Å²) in [5.41, 5.74) is -0.834. The van der Waals surface area contributed by atoms with Crippen molar-refractivity contribution in [3.8, 4) is 0 Å². The van der Waals surface area contributed by atoms with E-state index in [1.807, 2.05) is 13.8 Å². The van der Waals surface area contributed by atoms with Crippen LogP contribution >= 0.6 is 0 Å². The summed E-state index contributed by atoms with van der Waals surface area (Å²) in [4.78, 5) is 39.3. The highest BCUT2D eigenvalue weighted by Crippen LogP contribution is 2.46. The van der Waals surface area contributed by atoms with Gasteiger partial charge in [-0.3, -0.25) is 14.4 Å². The Labute approximate surface area is 254 Å². The minimum atomic E-state index is -0.954. The van der Waals surface area contributed by atoms with E-state index in [1.54, 1.807) is 13.8 Å². The molecule has 0 aromatic rings. The summed E-state index contributed by atoms with van der Waals surface area (Å²) in [5.74, 6) is -2.15. The Morgan fingerprint density at radius 1 is 0.881 bits per heavy atom. The zero-order valence-corrected chi connectivity index (χ0v) is 27.2. The van der Waals surface area contributed by atoms with E-state index in [1.165, 1.54) is 51.4 Å². The van der Waals surface area contributed by atoms with E-state index in [4.69, 9.17) is 9.47 Å². The Balaban J connectivity index is 1.59. The van der Waals surface area contributed by atoms with E-state index in [-0.39, 0.29) is 35.6 Å². The van der Waals surface area contributed by atoms with Gasteiger partial charge in [0.15, 0.2) is 5.79 Å². The average Bonchev–Trinajstić information content (AvgIpc) is 2.90. The first-order valence-electron chi connectivity index (χ1n) is 17.0. The predicted octanol–water partition coefficient (Wildman–Crippen LogP) is 6.89. The van der Waals surface area contributed by atoms with Crippen molar-refractivity contribution in [2.75, 3.05) is 6.61 Å². The van der Waals surface area contributed by atoms with Gasteiger partial charge in [-0.15, -0.1) is 0 Å². The number of hydrogen-bond donors (Lipinski definition) is 3. The third-order valence-electron chi connectivity index (χ3n) is 10.1. The van der Waals surface area contributed by atoms with Gasteiger partial charge in [0.05, 0.1) is 13.0 Å². The summed E-state index contributed by atoms with van der Waals surface area (Å²) in [6.07, 6.45) is 17.9. The highest BCUT2D eigenvalue weighted by atomic mass is 16.7. The Kier molecular flexibility index (Phi) is 13.2. The minimum absolute atomic E-state index is 0.136. The van der Waals surface area contributed by atoms with Crippen molar-refractivity contribution in [2.45, 2.75) is 174 Å². The third kappa shape index (κ3) is 9.93. The molecule has 42 heavy (non-hydrogen) atoms. The Bertz CT molecular complexity index is 883. The Hall–Kier alpha value is -1.67. The summed E-state index contributed by atoms with van der Waals surface area (Å²) in [7, 11) is 0. The van der Waals surface area contributed by atoms with Crippen molar-refractivity contribution in [1.82, 2.24) is 10.6 Å². The van der Waals surface area contributed by atoms with Gasteiger partial charge in [0, 0.05) is 22.9 Å². The second kappa shape index (κ2) is 15.9. The average molecular weight is 593 g/mol. The fourth-order valence-corrected chi connectivity index (χ4v) is 7.19. The van der Waals surface area contributed by atoms with E-state index >= 15 is 0 Å². The quantitative estimate of drug-likeness (QED) is 0.159. The number of carboxylic acid groups (broad SMARTS) is 1. The number of carboxylic acids is 1. The zero-order chi connectivity index (χ0) is 30.8. The number of carbonyl (C=O) groups is 3. The summed E-state index contributed by atoms with van der Waals surface area (Å²) < 4.78 is 11.8. The van der Waals surface area contributed by atoms with Gasteiger partial charge in [0.1, 0.15) is 6.10 Å². The monoisotopic (exact) mass is 592 g/mol. The molecule has 1 heterocycles. The lowest BCUT2D eigenvalue weighted by Crippen LogP contribution is -2.60. The molecule has 3 N–H and O–H groups in total. The van der Waals surface area contributed by atoms with Gasteiger partial charge in [-0.2, -0.15) is 0 Å². The van der Waals surface area contributed by atoms with Gasteiger partial charge in [-0.25, -0.2) is 0 Å². The van der Waals surface area contributed by atoms with Crippen LogP contribution in [0.5, 0.6) is 0 Å². The molecule has 0 bridgehead atoms. The van der Waals surface area contributed by atoms with Crippen LogP contribution in [-0.4, -0.2) is 53.5 Å². The molecule has 4 unspecified atom stereocenters. The van der Waals surface area contributed by atoms with Gasteiger partial charge < -0.3 is 25.2 Å². The molecule has 4 atom stereocenters. The SMILES string of the molecule is CCCCCCCCCCCC1(C(=O)NC2CCCCC2C(CC(=O)O)NC(=O)C2OC(C)(C)OCC2(C)C)CCC1. The van der Waals surface area contributed by atoms with Crippen molar-refractivity contribution in [2.24, 2.45) is 16.7 Å². The van der Waals surface area contributed by atoms with Crippen LogP contribution in [0, 0.1) is 16.7 Å². The second-order valence-electron chi connectivity index (χ2n) is 14.6. The number of hydrogen-bond acceptors (Lipinski definition) is 5. The first-order valence-corrected chi connectivity index (χ1v) is 17.0. The number of aliphatic carboxylic acids is 1. The molecule has 8 heteroatoms. The number of nitrogens with one attached hydrogen (secondary N) is 2. The molecule has 2 saturated carbocycles. The molecule has 3 aliphatic rings. The highest BCUT2D eigenvalue weighted by molar-refractivity contribution is 5.84. The standard InChI is InChI=1S/C34H60N2O6/c1-6-7-8-9-10-11-12-13-16-20-34(21-17-22-34)31(40)36-26-19-15-14-18-25(26)27(23-28(37)38)35-30(39)29-32(2,3)24-41-33(4,5)42-29/h25-27,29H,6-24H2,1-5H3,(H,35,39)(H,36,40)(H,37,38). The van der Waals surface area contributed by atoms with Gasteiger partial charge >= 0.3 is 5.97 Å². The number of amides is 2. The molecule has 3 fully saturated rings. The van der Waals surface area contributed by atoms with Crippen molar-refractivity contribution >= 4 is 17.8 Å². The molecule has 2 aliphatic carbocycles. The van der Waals surface area contributed by atoms with E-state index in [0.717, 1.165) is 57.8 Å². The van der Waals surface area contributed by atoms with E-state index < -0.39 is 29.3 Å². The molecule has 8 nitrogen and oxygen atoms in total. The van der Waals surface area contributed by atoms with Gasteiger partial charge in [0.25, 0.3) is 0 Å². The fourth-order valence-electron chi connectivity index (χ4n) is 7.19. The molecule has 242 valence electrons. The lowest BCUT2D eigenvalue weighted by Gasteiger charge is -2.46. The smallest absolute Gasteiger partial charge is 0.305 e. The number of rotatable bonds is 17. The molecule has 1 aliphatic heterocycles. The number of unbranched alkanes of at least 4 members (excludes halogenated alkanes) is 8. The normalized spacial score (nSPS) is 26.9. The highest BCUT2D eigenvalue weighted by Gasteiger charge is 2.48. The van der Waals surface area contributed by atoms with E-state index in [0.29, 0.717) is 6.61 Å². The van der Waals surface area contributed by atoms with Crippen molar-refractivity contribution in [3.63, 3.8) is 0 Å². The van der Waals surface area contributed by atoms with Crippen LogP contribution in [0.4, 0.5) is 0 Å². The van der Waals surface area contributed by atoms with Crippen molar-refractivity contribution in [1.29, 1.82) is 0 Å². The molecule has 1 saturated heterocycles. The lowest BCUT2D eigenvalue weighted by atomic mass is 9.64. The molecular weight excluding hydrogens is 532 g/mol. The predicted molar refractivity (Wildman–Crippen MR) is 165 cm³/mol. The van der Waals surface area contributed by atoms with Crippen LogP contribution in [0.3, 0.4) is 0 Å². The van der Waals surface area contributed by atoms with Gasteiger partial charge in [-0.1, -0.05) is 97.8 Å². The molecule has 0 aromatic heterocycles. The number of ether oxygens (including phenoxy) is 2.